The Hall–Kier alpha value is 0.0500. The van der Waals surface area contributed by atoms with E-state index < -0.39 is 10.0 Å². The number of methoxy groups -OCH3 is 1. The van der Waals surface area contributed by atoms with Gasteiger partial charge in [0, 0.05) is 22.1 Å². The number of rotatable bonds is 4. The largest absolute Gasteiger partial charge is 0.381 e. The SMILES string of the molecule is COC1CCC(NS(=O)(=O)c2ccc(Br)cc2Br)C1. The maximum Gasteiger partial charge on any atom is 0.241 e. The molecular formula is C12H15Br2NO3S. The molecular weight excluding hydrogens is 398 g/mol. The topological polar surface area (TPSA) is 55.4 Å². The zero-order valence-corrected chi connectivity index (χ0v) is 14.4. The highest BCUT2D eigenvalue weighted by Crippen LogP contribution is 2.28. The third kappa shape index (κ3) is 3.78. The van der Waals surface area contributed by atoms with Gasteiger partial charge in [0.15, 0.2) is 0 Å². The molecule has 1 fully saturated rings. The van der Waals surface area contributed by atoms with Gasteiger partial charge in [-0.2, -0.15) is 0 Å². The second kappa shape index (κ2) is 6.22. The van der Waals surface area contributed by atoms with Crippen LogP contribution in [0, 0.1) is 0 Å². The molecule has 0 aromatic heterocycles. The van der Waals surface area contributed by atoms with Crippen LogP contribution in [-0.4, -0.2) is 27.7 Å². The van der Waals surface area contributed by atoms with Crippen LogP contribution in [0.15, 0.2) is 32.0 Å². The molecule has 7 heteroatoms. The first kappa shape index (κ1) is 15.4. The minimum absolute atomic E-state index is 0.0505. The van der Waals surface area contributed by atoms with Crippen LogP contribution in [0.1, 0.15) is 19.3 Å². The molecule has 106 valence electrons. The number of nitrogens with one attached hydrogen (secondary N) is 1. The Bertz CT molecular complexity index is 562. The zero-order valence-electron chi connectivity index (χ0n) is 10.4. The Balaban J connectivity index is 2.14. The number of hydrogen-bond acceptors (Lipinski definition) is 3. The molecule has 0 bridgehead atoms. The van der Waals surface area contributed by atoms with Crippen molar-refractivity contribution in [1.82, 2.24) is 4.72 Å². The Morgan fingerprint density at radius 2 is 2.05 bits per heavy atom. The van der Waals surface area contributed by atoms with Crippen molar-refractivity contribution >= 4 is 41.9 Å². The van der Waals surface area contributed by atoms with Gasteiger partial charge in [0.05, 0.1) is 11.0 Å². The lowest BCUT2D eigenvalue weighted by Gasteiger charge is -2.14. The summed E-state index contributed by atoms with van der Waals surface area (Å²) in [6.45, 7) is 0. The summed E-state index contributed by atoms with van der Waals surface area (Å²) in [5, 5.41) is 0. The molecule has 2 rings (SSSR count). The molecule has 0 spiro atoms. The van der Waals surface area contributed by atoms with E-state index >= 15 is 0 Å². The maximum atomic E-state index is 12.3. The van der Waals surface area contributed by atoms with E-state index in [0.717, 1.165) is 23.7 Å². The average molecular weight is 413 g/mol. The molecule has 19 heavy (non-hydrogen) atoms. The molecule has 1 N–H and O–H groups in total. The predicted octanol–water partition coefficient (Wildman–Crippen LogP) is 3.06. The molecule has 1 aliphatic rings. The van der Waals surface area contributed by atoms with Crippen LogP contribution < -0.4 is 4.72 Å². The summed E-state index contributed by atoms with van der Waals surface area (Å²) < 4.78 is 34.0. The number of ether oxygens (including phenoxy) is 1. The standard InChI is InChI=1S/C12H15Br2NO3S/c1-18-10-4-3-9(7-10)15-19(16,17)12-5-2-8(13)6-11(12)14/h2,5-6,9-10,15H,3-4,7H2,1H3. The van der Waals surface area contributed by atoms with Gasteiger partial charge in [0.25, 0.3) is 0 Å². The van der Waals surface area contributed by atoms with Gasteiger partial charge in [-0.3, -0.25) is 0 Å². The minimum Gasteiger partial charge on any atom is -0.381 e. The minimum atomic E-state index is -3.50. The monoisotopic (exact) mass is 411 g/mol. The fraction of sp³-hybridized carbons (Fsp3) is 0.500. The molecule has 1 saturated carbocycles. The molecule has 1 aromatic rings. The second-order valence-corrected chi connectivity index (χ2v) is 8.02. The predicted molar refractivity (Wildman–Crippen MR) is 80.6 cm³/mol. The summed E-state index contributed by atoms with van der Waals surface area (Å²) in [6.07, 6.45) is 2.59. The van der Waals surface area contributed by atoms with E-state index in [2.05, 4.69) is 36.6 Å². The van der Waals surface area contributed by atoms with E-state index in [1.54, 1.807) is 25.3 Å². The molecule has 0 amide bonds. The molecule has 2 unspecified atom stereocenters. The van der Waals surface area contributed by atoms with Crippen molar-refractivity contribution in [2.24, 2.45) is 0 Å². The van der Waals surface area contributed by atoms with Gasteiger partial charge >= 0.3 is 0 Å². The van der Waals surface area contributed by atoms with E-state index in [0.29, 0.717) is 4.47 Å². The lowest BCUT2D eigenvalue weighted by atomic mass is 10.3. The van der Waals surface area contributed by atoms with Gasteiger partial charge in [0.2, 0.25) is 10.0 Å². The van der Waals surface area contributed by atoms with E-state index in [9.17, 15) is 8.42 Å². The number of halogens is 2. The highest BCUT2D eigenvalue weighted by atomic mass is 79.9. The van der Waals surface area contributed by atoms with E-state index in [-0.39, 0.29) is 17.0 Å². The first-order chi connectivity index (χ1) is 8.92. The van der Waals surface area contributed by atoms with Crippen molar-refractivity contribution in [1.29, 1.82) is 0 Å². The first-order valence-electron chi connectivity index (χ1n) is 5.92. The summed E-state index contributed by atoms with van der Waals surface area (Å²) in [5.41, 5.74) is 0. The smallest absolute Gasteiger partial charge is 0.241 e. The van der Waals surface area contributed by atoms with Crippen LogP contribution in [0.25, 0.3) is 0 Å². The summed E-state index contributed by atoms with van der Waals surface area (Å²) in [4.78, 5) is 0.261. The Morgan fingerprint density at radius 1 is 1.32 bits per heavy atom. The number of benzene rings is 1. The van der Waals surface area contributed by atoms with Gasteiger partial charge < -0.3 is 4.74 Å². The Morgan fingerprint density at radius 3 is 2.63 bits per heavy atom. The Kier molecular flexibility index (Phi) is 5.05. The van der Waals surface area contributed by atoms with E-state index in [4.69, 9.17) is 4.74 Å². The molecule has 0 heterocycles. The summed E-state index contributed by atoms with van der Waals surface area (Å²) >= 11 is 6.59. The fourth-order valence-electron chi connectivity index (χ4n) is 2.24. The van der Waals surface area contributed by atoms with Gasteiger partial charge in [-0.15, -0.1) is 0 Å². The molecule has 0 aliphatic heterocycles. The second-order valence-electron chi connectivity index (χ2n) is 4.56. The van der Waals surface area contributed by atoms with Crippen LogP contribution in [0.3, 0.4) is 0 Å². The highest BCUT2D eigenvalue weighted by Gasteiger charge is 2.29. The van der Waals surface area contributed by atoms with Gasteiger partial charge in [0.1, 0.15) is 0 Å². The molecule has 4 nitrogen and oxygen atoms in total. The highest BCUT2D eigenvalue weighted by molar-refractivity contribution is 9.11. The fourth-order valence-corrected chi connectivity index (χ4v) is 5.27. The van der Waals surface area contributed by atoms with E-state index in [1.165, 1.54) is 0 Å². The van der Waals surface area contributed by atoms with Crippen LogP contribution >= 0.6 is 31.9 Å². The third-order valence-electron chi connectivity index (χ3n) is 3.22. The van der Waals surface area contributed by atoms with E-state index in [1.807, 2.05) is 0 Å². The van der Waals surface area contributed by atoms with Crippen LogP contribution in [0.2, 0.25) is 0 Å². The van der Waals surface area contributed by atoms with Crippen LogP contribution in [0.4, 0.5) is 0 Å². The lowest BCUT2D eigenvalue weighted by Crippen LogP contribution is -2.33. The van der Waals surface area contributed by atoms with Gasteiger partial charge in [-0.1, -0.05) is 15.9 Å². The molecule has 0 saturated heterocycles. The van der Waals surface area contributed by atoms with Crippen molar-refractivity contribution in [2.45, 2.75) is 36.3 Å². The molecule has 2 atom stereocenters. The van der Waals surface area contributed by atoms with Crippen molar-refractivity contribution in [3.63, 3.8) is 0 Å². The average Bonchev–Trinajstić information content (AvgIpc) is 2.75. The normalized spacial score (nSPS) is 23.7. The third-order valence-corrected chi connectivity index (χ3v) is 6.21. The van der Waals surface area contributed by atoms with Crippen molar-refractivity contribution in [3.8, 4) is 0 Å². The Labute approximate surface area is 130 Å². The molecule has 1 aliphatic carbocycles. The van der Waals surface area contributed by atoms with Crippen LogP contribution in [0.5, 0.6) is 0 Å². The summed E-state index contributed by atoms with van der Waals surface area (Å²) in [5.74, 6) is 0. The molecule has 0 radical (unpaired) electrons. The lowest BCUT2D eigenvalue weighted by molar-refractivity contribution is 0.107. The van der Waals surface area contributed by atoms with Gasteiger partial charge in [-0.25, -0.2) is 13.1 Å². The van der Waals surface area contributed by atoms with Gasteiger partial charge in [-0.05, 0) is 53.4 Å². The maximum absolute atomic E-state index is 12.3. The summed E-state index contributed by atoms with van der Waals surface area (Å²) in [6, 6.07) is 4.97. The van der Waals surface area contributed by atoms with Crippen molar-refractivity contribution < 1.29 is 13.2 Å². The summed E-state index contributed by atoms with van der Waals surface area (Å²) in [7, 11) is -1.84. The zero-order chi connectivity index (χ0) is 14.0. The number of hydrogen-bond donors (Lipinski definition) is 1. The first-order valence-corrected chi connectivity index (χ1v) is 8.99. The quantitative estimate of drug-likeness (QED) is 0.826. The van der Waals surface area contributed by atoms with Crippen molar-refractivity contribution in [2.75, 3.05) is 7.11 Å². The van der Waals surface area contributed by atoms with Crippen LogP contribution in [-0.2, 0) is 14.8 Å². The number of sulfonamides is 1. The molecule has 1 aromatic carbocycles. The van der Waals surface area contributed by atoms with Crippen molar-refractivity contribution in [3.05, 3.63) is 27.1 Å².